The van der Waals surface area contributed by atoms with Gasteiger partial charge in [0, 0.05) is 12.1 Å². The molecule has 3 rings (SSSR count). The van der Waals surface area contributed by atoms with Gasteiger partial charge in [-0.25, -0.2) is 8.42 Å². The number of carbonyl (C=O) groups excluding carboxylic acids is 2. The molecule has 9 heteroatoms. The van der Waals surface area contributed by atoms with Crippen LogP contribution in [0.15, 0.2) is 77.7 Å². The number of hydrogen-bond donors (Lipinski definition) is 1. The van der Waals surface area contributed by atoms with Crippen molar-refractivity contribution in [1.82, 2.24) is 10.2 Å². The van der Waals surface area contributed by atoms with Gasteiger partial charge in [-0.3, -0.25) is 13.9 Å². The second kappa shape index (κ2) is 13.2. The number of aryl methyl sites for hydroxylation is 2. The molecule has 220 valence electrons. The second-order valence-corrected chi connectivity index (χ2v) is 13.0. The SMILES string of the molecule is CCOc1ccc(S(=O)(=O)N(CC(=O)N(Cc2cccc(C)c2)C(C)C(=O)NC(C)(C)C)c2ccc(C)cc2)cc1. The summed E-state index contributed by atoms with van der Waals surface area (Å²) in [5.74, 6) is -0.277. The molecule has 8 nitrogen and oxygen atoms in total. The van der Waals surface area contributed by atoms with Crippen LogP contribution in [0.25, 0.3) is 0 Å². The predicted octanol–water partition coefficient (Wildman–Crippen LogP) is 5.23. The molecular weight excluding hydrogens is 538 g/mol. The predicted molar refractivity (Wildman–Crippen MR) is 162 cm³/mol. The number of ether oxygens (including phenoxy) is 1. The Morgan fingerprint density at radius 1 is 0.927 bits per heavy atom. The number of carbonyl (C=O) groups is 2. The van der Waals surface area contributed by atoms with E-state index in [1.165, 1.54) is 17.0 Å². The highest BCUT2D eigenvalue weighted by Crippen LogP contribution is 2.26. The number of nitrogens with one attached hydrogen (secondary N) is 1. The first-order valence-corrected chi connectivity index (χ1v) is 15.1. The van der Waals surface area contributed by atoms with Crippen molar-refractivity contribution in [2.75, 3.05) is 17.5 Å². The first-order valence-electron chi connectivity index (χ1n) is 13.7. The lowest BCUT2D eigenvalue weighted by Crippen LogP contribution is -2.54. The molecule has 41 heavy (non-hydrogen) atoms. The summed E-state index contributed by atoms with van der Waals surface area (Å²) in [6, 6.07) is 19.9. The van der Waals surface area contributed by atoms with E-state index in [1.807, 2.05) is 65.8 Å². The fourth-order valence-corrected chi connectivity index (χ4v) is 5.72. The van der Waals surface area contributed by atoms with Gasteiger partial charge >= 0.3 is 0 Å². The third kappa shape index (κ3) is 8.57. The van der Waals surface area contributed by atoms with E-state index in [9.17, 15) is 18.0 Å². The van der Waals surface area contributed by atoms with Crippen molar-refractivity contribution in [3.05, 3.63) is 89.5 Å². The van der Waals surface area contributed by atoms with Gasteiger partial charge in [-0.2, -0.15) is 0 Å². The molecule has 0 fully saturated rings. The average Bonchev–Trinajstić information content (AvgIpc) is 2.90. The molecule has 0 aromatic heterocycles. The van der Waals surface area contributed by atoms with Gasteiger partial charge in [0.15, 0.2) is 0 Å². The third-order valence-corrected chi connectivity index (χ3v) is 8.21. The molecule has 0 aliphatic heterocycles. The van der Waals surface area contributed by atoms with E-state index in [4.69, 9.17) is 4.74 Å². The van der Waals surface area contributed by atoms with E-state index >= 15 is 0 Å². The van der Waals surface area contributed by atoms with E-state index in [0.29, 0.717) is 18.0 Å². The molecule has 0 saturated heterocycles. The minimum absolute atomic E-state index is 0.0260. The number of nitrogens with zero attached hydrogens (tertiary/aromatic N) is 2. The van der Waals surface area contributed by atoms with E-state index in [0.717, 1.165) is 21.0 Å². The van der Waals surface area contributed by atoms with Gasteiger partial charge in [-0.15, -0.1) is 0 Å². The number of hydrogen-bond acceptors (Lipinski definition) is 5. The Morgan fingerprint density at radius 3 is 2.12 bits per heavy atom. The standard InChI is InChI=1S/C32H41N3O5S/c1-8-40-28-16-18-29(19-17-28)41(38,39)35(27-14-12-23(2)13-15-27)22-30(36)34(21-26-11-9-10-24(3)20-26)25(4)31(37)33-32(5,6)7/h9-20,25H,8,21-22H2,1-7H3,(H,33,37). The minimum Gasteiger partial charge on any atom is -0.494 e. The summed E-state index contributed by atoms with van der Waals surface area (Å²) in [6.07, 6.45) is 0. The Hall–Kier alpha value is -3.85. The molecule has 0 spiro atoms. The van der Waals surface area contributed by atoms with Gasteiger partial charge in [0.1, 0.15) is 18.3 Å². The molecule has 1 N–H and O–H groups in total. The van der Waals surface area contributed by atoms with E-state index in [1.54, 1.807) is 43.3 Å². The van der Waals surface area contributed by atoms with Gasteiger partial charge in [-0.05, 0) is 90.4 Å². The number of sulfonamides is 1. The monoisotopic (exact) mass is 579 g/mol. The summed E-state index contributed by atoms with van der Waals surface area (Å²) in [4.78, 5) is 28.7. The Bertz CT molecular complexity index is 1450. The van der Waals surface area contributed by atoms with E-state index in [2.05, 4.69) is 5.32 Å². The van der Waals surface area contributed by atoms with Crippen molar-refractivity contribution in [3.63, 3.8) is 0 Å². The largest absolute Gasteiger partial charge is 0.494 e. The maximum absolute atomic E-state index is 14.0. The fourth-order valence-electron chi connectivity index (χ4n) is 4.31. The van der Waals surface area contributed by atoms with Crippen LogP contribution < -0.4 is 14.4 Å². The average molecular weight is 580 g/mol. The van der Waals surface area contributed by atoms with Crippen molar-refractivity contribution >= 4 is 27.5 Å². The molecule has 1 unspecified atom stereocenters. The maximum atomic E-state index is 14.0. The molecule has 3 aromatic carbocycles. The first-order chi connectivity index (χ1) is 19.2. The Balaban J connectivity index is 2.03. The Labute approximate surface area is 244 Å². The van der Waals surface area contributed by atoms with Crippen LogP contribution in [0.5, 0.6) is 5.75 Å². The van der Waals surface area contributed by atoms with Crippen LogP contribution in [-0.2, 0) is 26.2 Å². The van der Waals surface area contributed by atoms with Crippen LogP contribution in [0.2, 0.25) is 0 Å². The maximum Gasteiger partial charge on any atom is 0.264 e. The number of amides is 2. The summed E-state index contributed by atoms with van der Waals surface area (Å²) in [7, 11) is -4.15. The van der Waals surface area contributed by atoms with Crippen LogP contribution >= 0.6 is 0 Å². The minimum atomic E-state index is -4.15. The van der Waals surface area contributed by atoms with E-state index < -0.39 is 34.1 Å². The first kappa shape index (κ1) is 31.7. The summed E-state index contributed by atoms with van der Waals surface area (Å²) in [6.45, 7) is 13.1. The second-order valence-electron chi connectivity index (χ2n) is 11.2. The van der Waals surface area contributed by atoms with Crippen LogP contribution in [0.3, 0.4) is 0 Å². The zero-order valence-corrected chi connectivity index (χ0v) is 25.8. The lowest BCUT2D eigenvalue weighted by atomic mass is 10.1. The highest BCUT2D eigenvalue weighted by atomic mass is 32.2. The zero-order valence-electron chi connectivity index (χ0n) is 25.0. The lowest BCUT2D eigenvalue weighted by Gasteiger charge is -2.33. The fraction of sp³-hybridized carbons (Fsp3) is 0.375. The van der Waals surface area contributed by atoms with Crippen molar-refractivity contribution in [3.8, 4) is 5.75 Å². The zero-order chi connectivity index (χ0) is 30.4. The number of benzene rings is 3. The molecule has 0 heterocycles. The molecule has 2 amide bonds. The summed E-state index contributed by atoms with van der Waals surface area (Å²) < 4.78 is 34.5. The van der Waals surface area contributed by atoms with Crippen LogP contribution in [0.1, 0.15) is 51.3 Å². The molecule has 0 bridgehead atoms. The highest BCUT2D eigenvalue weighted by molar-refractivity contribution is 7.92. The summed E-state index contributed by atoms with van der Waals surface area (Å²) >= 11 is 0. The number of anilines is 1. The van der Waals surface area contributed by atoms with Crippen LogP contribution in [-0.4, -0.2) is 49.9 Å². The van der Waals surface area contributed by atoms with Crippen LogP contribution in [0, 0.1) is 13.8 Å². The smallest absolute Gasteiger partial charge is 0.264 e. The Morgan fingerprint density at radius 2 is 1.56 bits per heavy atom. The summed E-state index contributed by atoms with van der Waals surface area (Å²) in [5.41, 5.74) is 2.65. The van der Waals surface area contributed by atoms with Gasteiger partial charge < -0.3 is 15.0 Å². The third-order valence-electron chi connectivity index (χ3n) is 6.42. The quantitative estimate of drug-likeness (QED) is 0.336. The van der Waals surface area contributed by atoms with Crippen molar-refractivity contribution < 1.29 is 22.7 Å². The molecule has 0 radical (unpaired) electrons. The van der Waals surface area contributed by atoms with Gasteiger partial charge in [0.2, 0.25) is 11.8 Å². The number of rotatable bonds is 11. The molecular formula is C32H41N3O5S. The van der Waals surface area contributed by atoms with Gasteiger partial charge in [0.25, 0.3) is 10.0 Å². The molecule has 0 aliphatic rings. The molecule has 3 aromatic rings. The van der Waals surface area contributed by atoms with E-state index in [-0.39, 0.29) is 17.3 Å². The lowest BCUT2D eigenvalue weighted by molar-refractivity contribution is -0.140. The van der Waals surface area contributed by atoms with Gasteiger partial charge in [0.05, 0.1) is 17.2 Å². The van der Waals surface area contributed by atoms with Crippen molar-refractivity contribution in [2.24, 2.45) is 0 Å². The highest BCUT2D eigenvalue weighted by Gasteiger charge is 2.33. The van der Waals surface area contributed by atoms with Gasteiger partial charge in [-0.1, -0.05) is 47.5 Å². The molecule has 0 saturated carbocycles. The topological polar surface area (TPSA) is 96.0 Å². The molecule has 0 aliphatic carbocycles. The normalized spacial score (nSPS) is 12.4. The summed E-state index contributed by atoms with van der Waals surface area (Å²) in [5, 5.41) is 2.94. The Kier molecular flexibility index (Phi) is 10.2. The molecule has 1 atom stereocenters. The van der Waals surface area contributed by atoms with Crippen LogP contribution in [0.4, 0.5) is 5.69 Å². The van der Waals surface area contributed by atoms with Crippen molar-refractivity contribution in [2.45, 2.75) is 71.5 Å². The van der Waals surface area contributed by atoms with Crippen molar-refractivity contribution in [1.29, 1.82) is 0 Å².